The summed E-state index contributed by atoms with van der Waals surface area (Å²) in [5.74, 6) is -0.575. The number of hydrogen-bond donors (Lipinski definition) is 0. The molecule has 112 valence electrons. The zero-order valence-electron chi connectivity index (χ0n) is 12.2. The van der Waals surface area contributed by atoms with Gasteiger partial charge in [0, 0.05) is 17.9 Å². The van der Waals surface area contributed by atoms with Crippen molar-refractivity contribution in [3.05, 3.63) is 29.6 Å². The van der Waals surface area contributed by atoms with Crippen molar-refractivity contribution in [1.82, 2.24) is 4.90 Å². The molecule has 1 amide bonds. The highest BCUT2D eigenvalue weighted by Crippen LogP contribution is 2.24. The summed E-state index contributed by atoms with van der Waals surface area (Å²) in [5.41, 5.74) is 0.0165. The van der Waals surface area contributed by atoms with Crippen LogP contribution in [0.3, 0.4) is 0 Å². The fourth-order valence-electron chi connectivity index (χ4n) is 2.30. The van der Waals surface area contributed by atoms with Gasteiger partial charge in [-0.05, 0) is 25.0 Å². The molecule has 0 bridgehead atoms. The van der Waals surface area contributed by atoms with Crippen LogP contribution in [-0.2, 0) is 0 Å². The first-order chi connectivity index (χ1) is 9.60. The van der Waals surface area contributed by atoms with E-state index in [1.807, 2.05) is 13.8 Å². The van der Waals surface area contributed by atoms with Crippen LogP contribution in [-0.4, -0.2) is 35.8 Å². The minimum absolute atomic E-state index is 0.0165. The Balaban J connectivity index is 3.18. The van der Waals surface area contributed by atoms with Crippen molar-refractivity contribution >= 4 is 21.8 Å². The number of rotatable bonds is 7. The molecule has 0 saturated carbocycles. The monoisotopic (exact) mass is 345 g/mol. The van der Waals surface area contributed by atoms with Crippen LogP contribution in [0.15, 0.2) is 18.2 Å². The number of carbonyl (C=O) groups excluding carboxylic acids is 1. The number of hydrogen-bond acceptors (Lipinski definition) is 2. The second kappa shape index (κ2) is 8.25. The van der Waals surface area contributed by atoms with Crippen molar-refractivity contribution in [1.29, 1.82) is 0 Å². The number of alkyl halides is 1. The largest absolute Gasteiger partial charge is 0.496 e. The lowest BCUT2D eigenvalue weighted by Crippen LogP contribution is -2.41. The van der Waals surface area contributed by atoms with Gasteiger partial charge in [0.25, 0.3) is 5.91 Å². The normalized spacial score (nSPS) is 10.7. The Labute approximate surface area is 128 Å². The Hall–Kier alpha value is -1.10. The topological polar surface area (TPSA) is 29.5 Å². The van der Waals surface area contributed by atoms with E-state index in [2.05, 4.69) is 15.9 Å². The lowest BCUT2D eigenvalue weighted by atomic mass is 10.1. The molecule has 0 atom stereocenters. The minimum Gasteiger partial charge on any atom is -0.496 e. The maximum Gasteiger partial charge on any atom is 0.260 e. The van der Waals surface area contributed by atoms with Crippen molar-refractivity contribution in [2.45, 2.75) is 32.7 Å². The van der Waals surface area contributed by atoms with Gasteiger partial charge in [-0.2, -0.15) is 0 Å². The Morgan fingerprint density at radius 3 is 2.55 bits per heavy atom. The summed E-state index contributed by atoms with van der Waals surface area (Å²) in [6, 6.07) is 4.53. The highest BCUT2D eigenvalue weighted by Gasteiger charge is 2.26. The van der Waals surface area contributed by atoms with E-state index in [4.69, 9.17) is 4.74 Å². The molecule has 0 aromatic heterocycles. The molecule has 0 heterocycles. The van der Waals surface area contributed by atoms with E-state index in [0.29, 0.717) is 11.9 Å². The Bertz CT molecular complexity index is 449. The van der Waals surface area contributed by atoms with Crippen molar-refractivity contribution in [2.75, 3.05) is 19.0 Å². The third kappa shape index (κ3) is 3.72. The number of methoxy groups -OCH3 is 1. The summed E-state index contributed by atoms with van der Waals surface area (Å²) in [6.07, 6.45) is 1.68. The standard InChI is InChI=1S/C15H21BrFNO2/c1-4-11(5-2)18(10-9-16)15(19)14-12(17)7-6-8-13(14)20-3/h6-8,11H,4-5,9-10H2,1-3H3. The molecule has 0 aliphatic heterocycles. The van der Waals surface area contributed by atoms with Crippen LogP contribution in [0.1, 0.15) is 37.0 Å². The van der Waals surface area contributed by atoms with Crippen molar-refractivity contribution < 1.29 is 13.9 Å². The number of halogens is 2. The predicted molar refractivity (Wildman–Crippen MR) is 82.2 cm³/mol. The van der Waals surface area contributed by atoms with E-state index in [1.165, 1.54) is 19.2 Å². The minimum atomic E-state index is -0.542. The molecule has 0 fully saturated rings. The average molecular weight is 346 g/mol. The number of ether oxygens (including phenoxy) is 1. The zero-order chi connectivity index (χ0) is 15.1. The third-order valence-electron chi connectivity index (χ3n) is 3.38. The maximum atomic E-state index is 14.0. The number of benzene rings is 1. The first-order valence-corrected chi connectivity index (χ1v) is 7.92. The lowest BCUT2D eigenvalue weighted by Gasteiger charge is -2.30. The summed E-state index contributed by atoms with van der Waals surface area (Å²) in [7, 11) is 1.44. The van der Waals surface area contributed by atoms with E-state index >= 15 is 0 Å². The van der Waals surface area contributed by atoms with Crippen LogP contribution < -0.4 is 4.74 Å². The molecule has 0 spiro atoms. The first-order valence-electron chi connectivity index (χ1n) is 6.80. The molecule has 5 heteroatoms. The van der Waals surface area contributed by atoms with Gasteiger partial charge in [0.2, 0.25) is 0 Å². The van der Waals surface area contributed by atoms with Gasteiger partial charge in [0.05, 0.1) is 7.11 Å². The highest BCUT2D eigenvalue weighted by molar-refractivity contribution is 9.09. The van der Waals surface area contributed by atoms with Gasteiger partial charge in [-0.25, -0.2) is 4.39 Å². The number of amides is 1. The SMILES string of the molecule is CCC(CC)N(CCBr)C(=O)c1c(F)cccc1OC. The van der Waals surface area contributed by atoms with Crippen molar-refractivity contribution in [3.8, 4) is 5.75 Å². The fraction of sp³-hybridized carbons (Fsp3) is 0.533. The van der Waals surface area contributed by atoms with Gasteiger partial charge >= 0.3 is 0 Å². The molecular formula is C15H21BrFNO2. The van der Waals surface area contributed by atoms with Gasteiger partial charge in [-0.1, -0.05) is 35.8 Å². The predicted octanol–water partition coefficient (Wildman–Crippen LogP) is 3.86. The summed E-state index contributed by atoms with van der Waals surface area (Å²) in [5, 5.41) is 0.659. The molecular weight excluding hydrogens is 325 g/mol. The van der Waals surface area contributed by atoms with Crippen LogP contribution in [0.5, 0.6) is 5.75 Å². The molecule has 1 rings (SSSR count). The second-order valence-corrected chi connectivity index (χ2v) is 5.27. The van der Waals surface area contributed by atoms with Crippen molar-refractivity contribution in [2.24, 2.45) is 0 Å². The maximum absolute atomic E-state index is 14.0. The van der Waals surface area contributed by atoms with Crippen molar-refractivity contribution in [3.63, 3.8) is 0 Å². The molecule has 3 nitrogen and oxygen atoms in total. The quantitative estimate of drug-likeness (QED) is 0.702. The molecule has 1 aromatic carbocycles. The van der Waals surface area contributed by atoms with E-state index in [1.54, 1.807) is 11.0 Å². The molecule has 0 N–H and O–H groups in total. The molecule has 0 saturated heterocycles. The van der Waals surface area contributed by atoms with Gasteiger partial charge < -0.3 is 9.64 Å². The van der Waals surface area contributed by atoms with Crippen LogP contribution in [0.2, 0.25) is 0 Å². The molecule has 0 radical (unpaired) electrons. The summed E-state index contributed by atoms with van der Waals surface area (Å²) in [6.45, 7) is 4.60. The molecule has 1 aromatic rings. The lowest BCUT2D eigenvalue weighted by molar-refractivity contribution is 0.0674. The molecule has 0 aliphatic rings. The first kappa shape index (κ1) is 17.0. The molecule has 20 heavy (non-hydrogen) atoms. The van der Waals surface area contributed by atoms with Gasteiger partial charge in [-0.3, -0.25) is 4.79 Å². The Morgan fingerprint density at radius 2 is 2.05 bits per heavy atom. The second-order valence-electron chi connectivity index (χ2n) is 4.47. The summed E-state index contributed by atoms with van der Waals surface area (Å²) in [4.78, 5) is 14.4. The van der Waals surface area contributed by atoms with Gasteiger partial charge in [0.1, 0.15) is 17.1 Å². The van der Waals surface area contributed by atoms with Crippen LogP contribution in [0.4, 0.5) is 4.39 Å². The van der Waals surface area contributed by atoms with E-state index in [0.717, 1.165) is 12.8 Å². The summed E-state index contributed by atoms with van der Waals surface area (Å²) < 4.78 is 19.1. The fourth-order valence-corrected chi connectivity index (χ4v) is 2.68. The van der Waals surface area contributed by atoms with Crippen LogP contribution in [0.25, 0.3) is 0 Å². The Morgan fingerprint density at radius 1 is 1.40 bits per heavy atom. The van der Waals surface area contributed by atoms with E-state index in [-0.39, 0.29) is 23.3 Å². The third-order valence-corrected chi connectivity index (χ3v) is 3.73. The van der Waals surface area contributed by atoms with E-state index < -0.39 is 5.82 Å². The highest BCUT2D eigenvalue weighted by atomic mass is 79.9. The molecule has 0 aliphatic carbocycles. The number of carbonyl (C=O) groups is 1. The zero-order valence-corrected chi connectivity index (χ0v) is 13.7. The van der Waals surface area contributed by atoms with Crippen LogP contribution >= 0.6 is 15.9 Å². The number of nitrogens with zero attached hydrogens (tertiary/aromatic N) is 1. The van der Waals surface area contributed by atoms with Crippen LogP contribution in [0, 0.1) is 5.82 Å². The molecule has 0 unspecified atom stereocenters. The van der Waals surface area contributed by atoms with Gasteiger partial charge in [0.15, 0.2) is 0 Å². The smallest absolute Gasteiger partial charge is 0.260 e. The Kier molecular flexibility index (Phi) is 6.99. The van der Waals surface area contributed by atoms with Gasteiger partial charge in [-0.15, -0.1) is 0 Å². The summed E-state index contributed by atoms with van der Waals surface area (Å²) >= 11 is 3.35. The average Bonchev–Trinajstić information content (AvgIpc) is 2.46. The van der Waals surface area contributed by atoms with E-state index in [9.17, 15) is 9.18 Å².